The molecule has 0 bridgehead atoms. The number of halogens is 3. The van der Waals surface area contributed by atoms with Crippen molar-refractivity contribution in [3.63, 3.8) is 0 Å². The van der Waals surface area contributed by atoms with Crippen molar-refractivity contribution in [3.05, 3.63) is 29.3 Å². The maximum absolute atomic E-state index is 14.2. The van der Waals surface area contributed by atoms with Crippen LogP contribution in [0, 0.1) is 11.6 Å². The number of benzene rings is 1. The monoisotopic (exact) mass is 337 g/mol. The molecule has 1 aromatic rings. The van der Waals surface area contributed by atoms with E-state index in [1.54, 1.807) is 0 Å². The van der Waals surface area contributed by atoms with Crippen LogP contribution in [0.5, 0.6) is 0 Å². The van der Waals surface area contributed by atoms with Crippen molar-refractivity contribution in [1.82, 2.24) is 4.90 Å². The van der Waals surface area contributed by atoms with E-state index in [2.05, 4.69) is 0 Å². The highest BCUT2D eigenvalue weighted by Crippen LogP contribution is 2.31. The smallest absolute Gasteiger partial charge is 0.264 e. The normalized spacial score (nSPS) is 15.0. The van der Waals surface area contributed by atoms with Gasteiger partial charge in [-0.1, -0.05) is 6.92 Å². The van der Waals surface area contributed by atoms with Gasteiger partial charge >= 0.3 is 0 Å². The van der Waals surface area contributed by atoms with E-state index >= 15 is 0 Å². The van der Waals surface area contributed by atoms with Crippen molar-refractivity contribution in [2.24, 2.45) is 0 Å². The minimum absolute atomic E-state index is 0.0347. The number of carbonyl (C=O) groups is 1. The SMILES string of the molecule is CCCN(C(=O)c1c(F)ccc(S(=O)(=O)Cl)c1F)C1CC1. The van der Waals surface area contributed by atoms with Crippen LogP contribution in [0.3, 0.4) is 0 Å². The van der Waals surface area contributed by atoms with Crippen LogP contribution in [0.15, 0.2) is 17.0 Å². The first-order chi connectivity index (χ1) is 9.77. The lowest BCUT2D eigenvalue weighted by molar-refractivity contribution is 0.0732. The Labute approximate surface area is 126 Å². The van der Waals surface area contributed by atoms with E-state index in [1.807, 2.05) is 6.92 Å². The molecule has 1 aliphatic carbocycles. The van der Waals surface area contributed by atoms with Gasteiger partial charge in [0.2, 0.25) is 0 Å². The molecular weight excluding hydrogens is 324 g/mol. The van der Waals surface area contributed by atoms with Crippen molar-refractivity contribution in [2.75, 3.05) is 6.54 Å². The molecule has 1 aliphatic rings. The summed E-state index contributed by atoms with van der Waals surface area (Å²) in [6.07, 6.45) is 2.20. The molecular formula is C13H14ClF2NO3S. The van der Waals surface area contributed by atoms with Crippen LogP contribution < -0.4 is 0 Å². The first kappa shape index (κ1) is 16.2. The second kappa shape index (κ2) is 5.88. The topological polar surface area (TPSA) is 54.5 Å². The summed E-state index contributed by atoms with van der Waals surface area (Å²) >= 11 is 0. The predicted molar refractivity (Wildman–Crippen MR) is 73.7 cm³/mol. The Bertz CT molecular complexity index is 674. The Kier molecular flexibility index (Phi) is 4.53. The molecule has 116 valence electrons. The van der Waals surface area contributed by atoms with Crippen molar-refractivity contribution in [3.8, 4) is 0 Å². The van der Waals surface area contributed by atoms with E-state index in [0.29, 0.717) is 19.0 Å². The van der Waals surface area contributed by atoms with Gasteiger partial charge in [-0.3, -0.25) is 4.79 Å². The molecule has 21 heavy (non-hydrogen) atoms. The first-order valence-electron chi connectivity index (χ1n) is 6.51. The Morgan fingerprint density at radius 1 is 1.38 bits per heavy atom. The third-order valence-electron chi connectivity index (χ3n) is 3.25. The van der Waals surface area contributed by atoms with Crippen LogP contribution in [0.25, 0.3) is 0 Å². The molecule has 0 aliphatic heterocycles. The molecule has 2 rings (SSSR count). The number of hydrogen-bond acceptors (Lipinski definition) is 3. The highest BCUT2D eigenvalue weighted by atomic mass is 35.7. The van der Waals surface area contributed by atoms with Crippen LogP contribution >= 0.6 is 10.7 Å². The highest BCUT2D eigenvalue weighted by molar-refractivity contribution is 8.13. The second-order valence-corrected chi connectivity index (χ2v) is 7.44. The molecule has 1 saturated carbocycles. The molecule has 4 nitrogen and oxygen atoms in total. The van der Waals surface area contributed by atoms with Gasteiger partial charge in [-0.2, -0.15) is 0 Å². The fourth-order valence-corrected chi connectivity index (χ4v) is 3.04. The standard InChI is InChI=1S/C13H14ClF2NO3S/c1-2-7-17(8-3-4-8)13(18)11-9(15)5-6-10(12(11)16)21(14,19)20/h5-6,8H,2-4,7H2,1H3. The number of amides is 1. The number of rotatable bonds is 5. The number of carbonyl (C=O) groups excluding carboxylic acids is 1. The van der Waals surface area contributed by atoms with Crippen molar-refractivity contribution in [1.29, 1.82) is 0 Å². The minimum Gasteiger partial charge on any atom is -0.335 e. The Morgan fingerprint density at radius 3 is 2.48 bits per heavy atom. The fraction of sp³-hybridized carbons (Fsp3) is 0.462. The van der Waals surface area contributed by atoms with E-state index in [0.717, 1.165) is 18.9 Å². The Hall–Kier alpha value is -1.21. The van der Waals surface area contributed by atoms with Crippen molar-refractivity contribution >= 4 is 25.6 Å². The third kappa shape index (κ3) is 3.35. The summed E-state index contributed by atoms with van der Waals surface area (Å²) in [5, 5.41) is 0. The van der Waals surface area contributed by atoms with Gasteiger partial charge in [0.05, 0.1) is 0 Å². The number of nitrogens with zero attached hydrogens (tertiary/aromatic N) is 1. The fourth-order valence-electron chi connectivity index (χ4n) is 2.14. The Morgan fingerprint density at radius 2 is 2.00 bits per heavy atom. The molecule has 0 unspecified atom stereocenters. The zero-order valence-corrected chi connectivity index (χ0v) is 12.8. The molecule has 0 saturated heterocycles. The second-order valence-electron chi connectivity index (χ2n) is 4.90. The highest BCUT2D eigenvalue weighted by Gasteiger charge is 2.36. The van der Waals surface area contributed by atoms with Gasteiger partial charge in [-0.25, -0.2) is 17.2 Å². The maximum atomic E-state index is 14.2. The summed E-state index contributed by atoms with van der Waals surface area (Å²) in [4.78, 5) is 12.8. The van der Waals surface area contributed by atoms with E-state index in [9.17, 15) is 22.0 Å². The van der Waals surface area contributed by atoms with Crippen LogP contribution in [0.4, 0.5) is 8.78 Å². The Balaban J connectivity index is 2.49. The summed E-state index contributed by atoms with van der Waals surface area (Å²) in [6.45, 7) is 2.20. The van der Waals surface area contributed by atoms with Crippen LogP contribution in [-0.4, -0.2) is 31.8 Å². The van der Waals surface area contributed by atoms with Gasteiger partial charge in [0.1, 0.15) is 16.3 Å². The summed E-state index contributed by atoms with van der Waals surface area (Å²) in [7, 11) is 0.704. The van der Waals surface area contributed by atoms with Gasteiger partial charge in [-0.05, 0) is 31.4 Å². The van der Waals surface area contributed by atoms with E-state index in [1.165, 1.54) is 4.90 Å². The van der Waals surface area contributed by atoms with E-state index in [4.69, 9.17) is 10.7 Å². The van der Waals surface area contributed by atoms with Crippen molar-refractivity contribution < 1.29 is 22.0 Å². The third-order valence-corrected chi connectivity index (χ3v) is 4.58. The van der Waals surface area contributed by atoms with Gasteiger partial charge in [0.15, 0.2) is 5.82 Å². The molecule has 0 heterocycles. The summed E-state index contributed by atoms with van der Waals surface area (Å²) in [5.74, 6) is -3.36. The largest absolute Gasteiger partial charge is 0.335 e. The van der Waals surface area contributed by atoms with Gasteiger partial charge < -0.3 is 4.90 Å². The molecule has 0 radical (unpaired) electrons. The quantitative estimate of drug-likeness (QED) is 0.776. The average Bonchev–Trinajstić information content (AvgIpc) is 3.18. The predicted octanol–water partition coefficient (Wildman–Crippen LogP) is 2.91. The molecule has 0 atom stereocenters. The van der Waals surface area contributed by atoms with Crippen molar-refractivity contribution in [2.45, 2.75) is 37.1 Å². The molecule has 0 spiro atoms. The molecule has 0 N–H and O–H groups in total. The lowest BCUT2D eigenvalue weighted by Crippen LogP contribution is -2.35. The van der Waals surface area contributed by atoms with E-state index in [-0.39, 0.29) is 6.04 Å². The molecule has 1 amide bonds. The van der Waals surface area contributed by atoms with Crippen LogP contribution in [0.1, 0.15) is 36.5 Å². The zero-order chi connectivity index (χ0) is 15.8. The maximum Gasteiger partial charge on any atom is 0.264 e. The average molecular weight is 338 g/mol. The van der Waals surface area contributed by atoms with Gasteiger partial charge in [-0.15, -0.1) is 0 Å². The summed E-state index contributed by atoms with van der Waals surface area (Å²) < 4.78 is 50.6. The summed E-state index contributed by atoms with van der Waals surface area (Å²) in [6, 6.07) is 1.42. The molecule has 0 aromatic heterocycles. The minimum atomic E-state index is -4.39. The van der Waals surface area contributed by atoms with E-state index < -0.39 is 37.1 Å². The lowest BCUT2D eigenvalue weighted by Gasteiger charge is -2.22. The molecule has 8 heteroatoms. The van der Waals surface area contributed by atoms with Gasteiger partial charge in [0.25, 0.3) is 15.0 Å². The first-order valence-corrected chi connectivity index (χ1v) is 8.82. The number of hydrogen-bond donors (Lipinski definition) is 0. The molecule has 1 fully saturated rings. The zero-order valence-electron chi connectivity index (χ0n) is 11.3. The molecule has 1 aromatic carbocycles. The summed E-state index contributed by atoms with van der Waals surface area (Å²) in [5.41, 5.74) is -0.864. The van der Waals surface area contributed by atoms with Crippen LogP contribution in [-0.2, 0) is 9.05 Å². The lowest BCUT2D eigenvalue weighted by atomic mass is 10.1. The van der Waals surface area contributed by atoms with Crippen LogP contribution in [0.2, 0.25) is 0 Å². The van der Waals surface area contributed by atoms with Gasteiger partial charge in [0, 0.05) is 23.3 Å².